The Morgan fingerprint density at radius 3 is 2.54 bits per heavy atom. The second kappa shape index (κ2) is 3.19. The van der Waals surface area contributed by atoms with Gasteiger partial charge in [-0.25, -0.2) is 0 Å². The summed E-state index contributed by atoms with van der Waals surface area (Å²) in [4.78, 5) is 32.3. The number of carbonyl (C=O) groups is 1. The smallest absolute Gasteiger partial charge is 0.249 e. The third-order valence-corrected chi connectivity index (χ3v) is 1.65. The fourth-order valence-corrected chi connectivity index (χ4v) is 0.911. The molecule has 1 rings (SSSR count). The van der Waals surface area contributed by atoms with Gasteiger partial charge in [0.1, 0.15) is 6.42 Å². The number of nitrogens with zero attached hydrogens (tertiary/aromatic N) is 1. The maximum absolute atomic E-state index is 10.8. The van der Waals surface area contributed by atoms with Gasteiger partial charge >= 0.3 is 0 Å². The third-order valence-electron chi connectivity index (χ3n) is 1.65. The highest BCUT2D eigenvalue weighted by Gasteiger charge is 2.18. The van der Waals surface area contributed by atoms with E-state index in [2.05, 4.69) is 5.32 Å². The molecule has 1 N–H and O–H groups in total. The van der Waals surface area contributed by atoms with Crippen LogP contribution in [0.3, 0.4) is 0 Å². The topological polar surface area (TPSA) is 87.0 Å². The van der Waals surface area contributed by atoms with Crippen molar-refractivity contribution in [1.29, 1.82) is 5.26 Å². The monoisotopic (exact) mass is 178 g/mol. The third kappa shape index (κ3) is 1.47. The summed E-state index contributed by atoms with van der Waals surface area (Å²) in [6.07, 6.45) is -0.321. The van der Waals surface area contributed by atoms with Crippen molar-refractivity contribution in [1.82, 2.24) is 0 Å². The molecule has 0 fully saturated rings. The van der Waals surface area contributed by atoms with Crippen LogP contribution in [0.1, 0.15) is 12.0 Å². The van der Waals surface area contributed by atoms with E-state index in [1.807, 2.05) is 0 Å². The summed E-state index contributed by atoms with van der Waals surface area (Å²) >= 11 is 0. The SMILES string of the molecule is Cc1c(NC(=O)CC#N)c(=O)c1=O. The van der Waals surface area contributed by atoms with Gasteiger partial charge in [-0.15, -0.1) is 0 Å². The lowest BCUT2D eigenvalue weighted by atomic mass is 10.1. The van der Waals surface area contributed by atoms with Crippen molar-refractivity contribution in [2.24, 2.45) is 0 Å². The Balaban J connectivity index is 2.79. The average Bonchev–Trinajstić information content (AvgIpc) is 2.13. The first kappa shape index (κ1) is 9.13. The van der Waals surface area contributed by atoms with Gasteiger partial charge in [0.2, 0.25) is 16.8 Å². The zero-order valence-electron chi connectivity index (χ0n) is 6.88. The molecule has 0 atom stereocenters. The zero-order valence-corrected chi connectivity index (χ0v) is 6.88. The molecule has 13 heavy (non-hydrogen) atoms. The molecule has 0 aliphatic carbocycles. The van der Waals surface area contributed by atoms with Crippen LogP contribution in [0.4, 0.5) is 5.69 Å². The van der Waals surface area contributed by atoms with Gasteiger partial charge in [0, 0.05) is 5.56 Å². The van der Waals surface area contributed by atoms with E-state index in [4.69, 9.17) is 5.26 Å². The Labute approximate surface area is 73.3 Å². The highest BCUT2D eigenvalue weighted by Crippen LogP contribution is 2.05. The molecule has 0 saturated heterocycles. The molecular weight excluding hydrogens is 172 g/mol. The molecule has 66 valence electrons. The summed E-state index contributed by atoms with van der Waals surface area (Å²) in [5.74, 6) is -0.572. The van der Waals surface area contributed by atoms with Crippen molar-refractivity contribution in [2.45, 2.75) is 13.3 Å². The van der Waals surface area contributed by atoms with Crippen molar-refractivity contribution in [3.63, 3.8) is 0 Å². The summed E-state index contributed by atoms with van der Waals surface area (Å²) in [6.45, 7) is 1.45. The molecule has 1 amide bonds. The highest BCUT2D eigenvalue weighted by molar-refractivity contribution is 5.93. The van der Waals surface area contributed by atoms with E-state index in [1.165, 1.54) is 6.92 Å². The summed E-state index contributed by atoms with van der Waals surface area (Å²) < 4.78 is 0. The molecule has 5 heteroatoms. The molecule has 0 radical (unpaired) electrons. The molecule has 0 unspecified atom stereocenters. The Bertz CT molecular complexity index is 460. The van der Waals surface area contributed by atoms with Gasteiger partial charge in [0.15, 0.2) is 0 Å². The van der Waals surface area contributed by atoms with Crippen molar-refractivity contribution in [2.75, 3.05) is 5.32 Å². The van der Waals surface area contributed by atoms with Crippen LogP contribution in [-0.4, -0.2) is 5.91 Å². The number of rotatable bonds is 2. The lowest BCUT2D eigenvalue weighted by molar-refractivity contribution is -0.115. The van der Waals surface area contributed by atoms with Crippen molar-refractivity contribution < 1.29 is 4.79 Å². The Morgan fingerprint density at radius 1 is 1.46 bits per heavy atom. The van der Waals surface area contributed by atoms with Gasteiger partial charge in [0.25, 0.3) is 0 Å². The standard InChI is InChI=1S/C8H6N2O3/c1-4-6(8(13)7(4)12)10-5(11)2-3-9/h2H2,1H3,(H,10,11). The highest BCUT2D eigenvalue weighted by atomic mass is 16.2. The van der Waals surface area contributed by atoms with Crippen LogP contribution >= 0.6 is 0 Å². The summed E-state index contributed by atoms with van der Waals surface area (Å²) in [5.41, 5.74) is -1.00. The molecule has 0 spiro atoms. The van der Waals surface area contributed by atoms with Crippen molar-refractivity contribution in [3.8, 4) is 6.07 Å². The first-order valence-electron chi connectivity index (χ1n) is 3.54. The first-order valence-corrected chi connectivity index (χ1v) is 3.54. The molecule has 1 aromatic carbocycles. The molecule has 0 aromatic heterocycles. The summed E-state index contributed by atoms with van der Waals surface area (Å²) in [7, 11) is 0. The van der Waals surface area contributed by atoms with Gasteiger partial charge in [0.05, 0.1) is 11.8 Å². The Kier molecular flexibility index (Phi) is 2.24. The van der Waals surface area contributed by atoms with E-state index in [9.17, 15) is 14.4 Å². The van der Waals surface area contributed by atoms with Gasteiger partial charge in [-0.1, -0.05) is 0 Å². The van der Waals surface area contributed by atoms with Crippen LogP contribution in [0.15, 0.2) is 9.59 Å². The molecule has 0 bridgehead atoms. The predicted octanol–water partition coefficient (Wildman–Crippen LogP) is -0.557. The van der Waals surface area contributed by atoms with Crippen LogP contribution in [0, 0.1) is 18.3 Å². The van der Waals surface area contributed by atoms with E-state index in [0.717, 1.165) is 0 Å². The normalized spacial score (nSPS) is 9.54. The predicted molar refractivity (Wildman–Crippen MR) is 45.0 cm³/mol. The van der Waals surface area contributed by atoms with Crippen LogP contribution in [0.25, 0.3) is 0 Å². The van der Waals surface area contributed by atoms with Gasteiger partial charge in [-0.05, 0) is 6.92 Å². The Morgan fingerprint density at radius 2 is 2.08 bits per heavy atom. The lowest BCUT2D eigenvalue weighted by Crippen LogP contribution is -2.38. The van der Waals surface area contributed by atoms with Gasteiger partial charge in [-0.2, -0.15) is 5.26 Å². The number of nitriles is 1. The first-order chi connectivity index (χ1) is 6.07. The second-order valence-corrected chi connectivity index (χ2v) is 2.54. The van der Waals surface area contributed by atoms with Crippen LogP contribution in [-0.2, 0) is 4.79 Å². The number of amides is 1. The van der Waals surface area contributed by atoms with Crippen LogP contribution in [0.5, 0.6) is 0 Å². The maximum atomic E-state index is 10.8. The molecule has 0 heterocycles. The summed E-state index contributed by atoms with van der Waals surface area (Å²) in [6, 6.07) is 1.63. The number of hydrogen-bond acceptors (Lipinski definition) is 4. The minimum atomic E-state index is -0.691. The fourth-order valence-electron chi connectivity index (χ4n) is 0.911. The van der Waals surface area contributed by atoms with E-state index >= 15 is 0 Å². The number of carbonyl (C=O) groups excluding carboxylic acids is 1. The van der Waals surface area contributed by atoms with E-state index in [-0.39, 0.29) is 17.7 Å². The summed E-state index contributed by atoms with van der Waals surface area (Å²) in [5, 5.41) is 10.3. The molecule has 5 nitrogen and oxygen atoms in total. The number of anilines is 1. The minimum absolute atomic E-state index is 0.0188. The van der Waals surface area contributed by atoms with Crippen LogP contribution in [0.2, 0.25) is 0 Å². The van der Waals surface area contributed by atoms with Crippen molar-refractivity contribution in [3.05, 3.63) is 26.0 Å². The number of nitrogens with one attached hydrogen (secondary N) is 1. The van der Waals surface area contributed by atoms with E-state index in [1.54, 1.807) is 6.07 Å². The quantitative estimate of drug-likeness (QED) is 0.615. The number of hydrogen-bond donors (Lipinski definition) is 1. The molecule has 0 saturated carbocycles. The minimum Gasteiger partial charge on any atom is -0.321 e. The van der Waals surface area contributed by atoms with E-state index in [0.29, 0.717) is 0 Å². The zero-order chi connectivity index (χ0) is 10.0. The molecule has 0 aliphatic rings. The average molecular weight is 178 g/mol. The largest absolute Gasteiger partial charge is 0.321 e. The van der Waals surface area contributed by atoms with Gasteiger partial charge in [-0.3, -0.25) is 14.4 Å². The molecule has 1 aromatic rings. The molecular formula is C8H6N2O3. The fraction of sp³-hybridized carbons (Fsp3) is 0.250. The molecule has 0 aliphatic heterocycles. The lowest BCUT2D eigenvalue weighted by Gasteiger charge is -2.06. The maximum Gasteiger partial charge on any atom is 0.249 e. The Hall–Kier alpha value is -1.96. The second-order valence-electron chi connectivity index (χ2n) is 2.54. The van der Waals surface area contributed by atoms with Crippen molar-refractivity contribution >= 4 is 11.6 Å². The van der Waals surface area contributed by atoms with Gasteiger partial charge < -0.3 is 5.32 Å². The van der Waals surface area contributed by atoms with E-state index < -0.39 is 16.8 Å². The van der Waals surface area contributed by atoms with Crippen LogP contribution < -0.4 is 16.2 Å².